The quantitative estimate of drug-likeness (QED) is 0.639. The van der Waals surface area contributed by atoms with Gasteiger partial charge in [0, 0.05) is 29.5 Å². The lowest BCUT2D eigenvalue weighted by molar-refractivity contribution is 0.756. The summed E-state index contributed by atoms with van der Waals surface area (Å²) in [7, 11) is 1.82. The van der Waals surface area contributed by atoms with Crippen LogP contribution in [0.3, 0.4) is 0 Å². The molecule has 0 fully saturated rings. The van der Waals surface area contributed by atoms with E-state index in [9.17, 15) is 0 Å². The number of rotatable bonds is 4. The summed E-state index contributed by atoms with van der Waals surface area (Å²) in [5, 5.41) is 9.93. The third kappa shape index (κ3) is 3.93. The van der Waals surface area contributed by atoms with E-state index in [0.29, 0.717) is 5.25 Å². The summed E-state index contributed by atoms with van der Waals surface area (Å²) in [5.41, 5.74) is 4.22. The first kappa shape index (κ1) is 16.0. The van der Waals surface area contributed by atoms with Crippen LogP contribution in [0.25, 0.3) is 0 Å². The predicted molar refractivity (Wildman–Crippen MR) is 88.0 cm³/mol. The normalized spacial score (nSPS) is 15.2. The van der Waals surface area contributed by atoms with Crippen molar-refractivity contribution in [3.63, 3.8) is 0 Å². The number of thioether (sulfide) groups is 1. The van der Waals surface area contributed by atoms with Crippen LogP contribution in [0.4, 0.5) is 0 Å². The number of nitrogens with zero attached hydrogens (tertiary/aromatic N) is 1. The first-order chi connectivity index (χ1) is 8.88. The molecule has 2 unspecified atom stereocenters. The van der Waals surface area contributed by atoms with E-state index >= 15 is 0 Å². The van der Waals surface area contributed by atoms with Gasteiger partial charge in [-0.15, -0.1) is 11.8 Å². The third-order valence-electron chi connectivity index (χ3n) is 3.58. The first-order valence-corrected chi connectivity index (χ1v) is 7.51. The second kappa shape index (κ2) is 6.90. The van der Waals surface area contributed by atoms with Crippen LogP contribution in [0.15, 0.2) is 23.2 Å². The summed E-state index contributed by atoms with van der Waals surface area (Å²) in [5.74, 6) is 0.210. The van der Waals surface area contributed by atoms with Gasteiger partial charge in [-0.25, -0.2) is 0 Å². The van der Waals surface area contributed by atoms with Crippen molar-refractivity contribution in [1.82, 2.24) is 0 Å². The molecular weight excluding hydrogens is 252 g/mol. The largest absolute Gasteiger partial charge is 0.304 e. The van der Waals surface area contributed by atoms with Crippen LogP contribution in [-0.2, 0) is 0 Å². The van der Waals surface area contributed by atoms with E-state index in [1.54, 1.807) is 11.8 Å². The molecule has 2 nitrogen and oxygen atoms in total. The van der Waals surface area contributed by atoms with Gasteiger partial charge in [0.2, 0.25) is 0 Å². The van der Waals surface area contributed by atoms with Crippen molar-refractivity contribution in [1.29, 1.82) is 5.41 Å². The summed E-state index contributed by atoms with van der Waals surface area (Å²) in [6.07, 6.45) is 0. The number of aliphatic imine (C=N–C) groups is 1. The molecule has 1 N–H and O–H groups in total. The summed E-state index contributed by atoms with van der Waals surface area (Å²) < 4.78 is 0. The third-order valence-corrected chi connectivity index (χ3v) is 4.88. The zero-order chi connectivity index (χ0) is 14.6. The Bertz CT molecular complexity index is 471. The Hall–Kier alpha value is -1.09. The minimum atomic E-state index is 0.210. The second-order valence-corrected chi connectivity index (χ2v) is 6.60. The highest BCUT2D eigenvalue weighted by Crippen LogP contribution is 2.26. The molecule has 0 spiro atoms. The van der Waals surface area contributed by atoms with Gasteiger partial charge in [-0.3, -0.25) is 4.99 Å². The Balaban J connectivity index is 2.94. The smallest absolute Gasteiger partial charge is 0.0644 e. The van der Waals surface area contributed by atoms with Crippen molar-refractivity contribution >= 4 is 22.5 Å². The Labute approximate surface area is 121 Å². The topological polar surface area (TPSA) is 36.2 Å². The molecule has 0 aliphatic carbocycles. The standard InChI is InChI=1S/C16H24N2S/c1-10-8-7-9-11(2)15(10)16(17)12(3)13(4)19-14(5)18-6/h7-9,12-13,17H,1-6H3. The van der Waals surface area contributed by atoms with Crippen molar-refractivity contribution in [2.75, 3.05) is 7.05 Å². The average molecular weight is 276 g/mol. The maximum Gasteiger partial charge on any atom is 0.0644 e. The highest BCUT2D eigenvalue weighted by atomic mass is 32.2. The molecule has 0 radical (unpaired) electrons. The van der Waals surface area contributed by atoms with Crippen LogP contribution in [0.5, 0.6) is 0 Å². The lowest BCUT2D eigenvalue weighted by Gasteiger charge is -2.22. The molecule has 0 heterocycles. The molecule has 0 saturated heterocycles. The molecular formula is C16H24N2S. The van der Waals surface area contributed by atoms with E-state index in [2.05, 4.69) is 50.9 Å². The van der Waals surface area contributed by atoms with Gasteiger partial charge >= 0.3 is 0 Å². The minimum Gasteiger partial charge on any atom is -0.304 e. The lowest BCUT2D eigenvalue weighted by Crippen LogP contribution is -2.23. The molecule has 0 aliphatic heterocycles. The fourth-order valence-electron chi connectivity index (χ4n) is 2.13. The van der Waals surface area contributed by atoms with Crippen LogP contribution in [0, 0.1) is 25.2 Å². The molecule has 19 heavy (non-hydrogen) atoms. The van der Waals surface area contributed by atoms with Gasteiger partial charge in [-0.05, 0) is 31.9 Å². The predicted octanol–water partition coefficient (Wildman–Crippen LogP) is 4.48. The Kier molecular flexibility index (Phi) is 5.80. The van der Waals surface area contributed by atoms with Crippen molar-refractivity contribution in [2.45, 2.75) is 39.9 Å². The van der Waals surface area contributed by atoms with Crippen molar-refractivity contribution in [3.8, 4) is 0 Å². The highest BCUT2D eigenvalue weighted by molar-refractivity contribution is 8.14. The van der Waals surface area contributed by atoms with Gasteiger partial charge < -0.3 is 5.41 Å². The van der Waals surface area contributed by atoms with Crippen molar-refractivity contribution in [2.24, 2.45) is 10.9 Å². The zero-order valence-corrected chi connectivity index (χ0v) is 13.6. The molecule has 3 heteroatoms. The molecule has 1 aromatic carbocycles. The van der Waals surface area contributed by atoms with E-state index in [4.69, 9.17) is 5.41 Å². The summed E-state index contributed by atoms with van der Waals surface area (Å²) in [6.45, 7) is 10.5. The Morgan fingerprint density at radius 3 is 2.21 bits per heavy atom. The highest BCUT2D eigenvalue weighted by Gasteiger charge is 2.21. The van der Waals surface area contributed by atoms with E-state index in [0.717, 1.165) is 16.3 Å². The number of nitrogens with one attached hydrogen (secondary N) is 1. The van der Waals surface area contributed by atoms with Crippen molar-refractivity contribution < 1.29 is 0 Å². The van der Waals surface area contributed by atoms with E-state index < -0.39 is 0 Å². The van der Waals surface area contributed by atoms with E-state index in [1.165, 1.54) is 11.1 Å². The molecule has 1 rings (SSSR count). The number of benzene rings is 1. The number of hydrogen-bond donors (Lipinski definition) is 1. The number of aryl methyl sites for hydroxylation is 2. The van der Waals surface area contributed by atoms with Crippen LogP contribution in [0.2, 0.25) is 0 Å². The monoisotopic (exact) mass is 276 g/mol. The maximum absolute atomic E-state index is 8.50. The van der Waals surface area contributed by atoms with E-state index in [1.807, 2.05) is 14.0 Å². The molecule has 104 valence electrons. The average Bonchev–Trinajstić information content (AvgIpc) is 2.37. The summed E-state index contributed by atoms with van der Waals surface area (Å²) in [6, 6.07) is 6.22. The molecule has 0 aliphatic rings. The molecule has 0 saturated carbocycles. The Morgan fingerprint density at radius 1 is 1.21 bits per heavy atom. The lowest BCUT2D eigenvalue weighted by atomic mass is 9.90. The number of hydrogen-bond acceptors (Lipinski definition) is 3. The first-order valence-electron chi connectivity index (χ1n) is 6.63. The Morgan fingerprint density at radius 2 is 1.74 bits per heavy atom. The molecule has 0 bridgehead atoms. The fourth-order valence-corrected chi connectivity index (χ4v) is 3.11. The van der Waals surface area contributed by atoms with Crippen LogP contribution in [0.1, 0.15) is 37.5 Å². The molecule has 1 aromatic rings. The molecule has 2 atom stereocenters. The van der Waals surface area contributed by atoms with Gasteiger partial charge in [-0.2, -0.15) is 0 Å². The van der Waals surface area contributed by atoms with Gasteiger partial charge in [0.25, 0.3) is 0 Å². The van der Waals surface area contributed by atoms with Crippen molar-refractivity contribution in [3.05, 3.63) is 34.9 Å². The van der Waals surface area contributed by atoms with Crippen LogP contribution < -0.4 is 0 Å². The SMILES string of the molecule is CN=C(C)SC(C)C(C)C(=N)c1c(C)cccc1C. The second-order valence-electron chi connectivity index (χ2n) is 5.03. The maximum atomic E-state index is 8.50. The molecule has 0 aromatic heterocycles. The summed E-state index contributed by atoms with van der Waals surface area (Å²) in [4.78, 5) is 4.19. The summed E-state index contributed by atoms with van der Waals surface area (Å²) >= 11 is 1.75. The van der Waals surface area contributed by atoms with Crippen LogP contribution in [-0.4, -0.2) is 23.1 Å². The van der Waals surface area contributed by atoms with E-state index in [-0.39, 0.29) is 5.92 Å². The fraction of sp³-hybridized carbons (Fsp3) is 0.500. The minimum absolute atomic E-state index is 0.210. The van der Waals surface area contributed by atoms with Gasteiger partial charge in [0.05, 0.1) is 5.04 Å². The van der Waals surface area contributed by atoms with Crippen LogP contribution >= 0.6 is 11.8 Å². The van der Waals surface area contributed by atoms with Gasteiger partial charge in [-0.1, -0.05) is 32.0 Å². The van der Waals surface area contributed by atoms with Gasteiger partial charge in [0.1, 0.15) is 0 Å². The zero-order valence-electron chi connectivity index (χ0n) is 12.7. The molecule has 0 amide bonds. The van der Waals surface area contributed by atoms with Gasteiger partial charge in [0.15, 0.2) is 0 Å².